The molecule has 5 rings (SSSR count). The van der Waals surface area contributed by atoms with Gasteiger partial charge in [-0.3, -0.25) is 9.13 Å². The maximum atomic E-state index is 13.0. The number of aryl methyl sites for hydroxylation is 2. The van der Waals surface area contributed by atoms with Gasteiger partial charge in [-0.05, 0) is 18.6 Å². The normalized spacial score (nSPS) is 15.9. The van der Waals surface area contributed by atoms with Crippen molar-refractivity contribution in [3.05, 3.63) is 34.5 Å². The summed E-state index contributed by atoms with van der Waals surface area (Å²) >= 11 is 0. The van der Waals surface area contributed by atoms with Crippen LogP contribution in [0.15, 0.2) is 23.3 Å². The topological polar surface area (TPSA) is 154 Å². The fraction of sp³-hybridized carbons (Fsp3) is 0.368. The average molecular weight is 420 g/mol. The Morgan fingerprint density at radius 3 is 2.84 bits per heavy atom. The fourth-order valence-corrected chi connectivity index (χ4v) is 3.94. The number of hydrogen-bond acceptors (Lipinski definition) is 9. The van der Waals surface area contributed by atoms with Crippen molar-refractivity contribution in [1.82, 2.24) is 33.7 Å². The van der Waals surface area contributed by atoms with Crippen LogP contribution >= 0.6 is 0 Å². The molecule has 0 bridgehead atoms. The highest BCUT2D eigenvalue weighted by Crippen LogP contribution is 2.30. The lowest BCUT2D eigenvalue weighted by molar-refractivity contribution is 0.0448. The van der Waals surface area contributed by atoms with Gasteiger partial charge in [0.2, 0.25) is 11.9 Å². The van der Waals surface area contributed by atoms with E-state index in [0.717, 1.165) is 5.56 Å². The number of nitriles is 1. The number of nitrogen functional groups attached to an aromatic ring is 1. The highest BCUT2D eigenvalue weighted by molar-refractivity contribution is 5.74. The summed E-state index contributed by atoms with van der Waals surface area (Å²) in [5, 5.41) is 17.3. The lowest BCUT2D eigenvalue weighted by Gasteiger charge is -2.31. The third-order valence-corrected chi connectivity index (χ3v) is 5.70. The van der Waals surface area contributed by atoms with Crippen molar-refractivity contribution in [3.63, 3.8) is 0 Å². The first kappa shape index (κ1) is 19.0. The number of nitrogens with two attached hydrogens (primary N) is 1. The molecule has 4 aromatic rings. The second kappa shape index (κ2) is 6.78. The van der Waals surface area contributed by atoms with E-state index in [2.05, 4.69) is 31.4 Å². The number of rotatable bonds is 3. The first-order valence-electron chi connectivity index (χ1n) is 9.75. The van der Waals surface area contributed by atoms with Crippen LogP contribution in [0.25, 0.3) is 16.8 Å². The Balaban J connectivity index is 1.63. The van der Waals surface area contributed by atoms with Gasteiger partial charge in [0.15, 0.2) is 11.3 Å². The van der Waals surface area contributed by atoms with Crippen molar-refractivity contribution in [2.75, 3.05) is 24.3 Å². The van der Waals surface area contributed by atoms with Gasteiger partial charge in [-0.2, -0.15) is 15.2 Å². The molecule has 5 heterocycles. The molecule has 0 saturated carbocycles. The summed E-state index contributed by atoms with van der Waals surface area (Å²) in [6.07, 6.45) is 4.15. The largest absolute Gasteiger partial charge is 0.381 e. The minimum Gasteiger partial charge on any atom is -0.381 e. The van der Waals surface area contributed by atoms with Crippen LogP contribution in [0.1, 0.15) is 18.4 Å². The molecule has 1 aliphatic rings. The molecule has 3 N–H and O–H groups in total. The zero-order valence-corrected chi connectivity index (χ0v) is 17.0. The van der Waals surface area contributed by atoms with Gasteiger partial charge in [0.1, 0.15) is 11.1 Å². The zero-order chi connectivity index (χ0) is 21.8. The zero-order valence-electron chi connectivity index (χ0n) is 17.0. The molecule has 31 heavy (non-hydrogen) atoms. The highest BCUT2D eigenvalue weighted by Gasteiger charge is 2.38. The molecule has 4 aromatic heterocycles. The Morgan fingerprint density at radius 1 is 1.32 bits per heavy atom. The van der Waals surface area contributed by atoms with Crippen LogP contribution in [-0.4, -0.2) is 46.9 Å². The third-order valence-electron chi connectivity index (χ3n) is 5.70. The first-order chi connectivity index (χ1) is 14.9. The van der Waals surface area contributed by atoms with Gasteiger partial charge in [0.25, 0.3) is 0 Å². The molecule has 0 radical (unpaired) electrons. The van der Waals surface area contributed by atoms with Crippen LogP contribution in [0, 0.1) is 18.3 Å². The highest BCUT2D eigenvalue weighted by atomic mass is 16.5. The van der Waals surface area contributed by atoms with Crippen LogP contribution in [0.4, 0.5) is 17.6 Å². The van der Waals surface area contributed by atoms with Gasteiger partial charge >= 0.3 is 5.69 Å². The van der Waals surface area contributed by atoms with Gasteiger partial charge in [-0.15, -0.1) is 5.10 Å². The third kappa shape index (κ3) is 2.89. The standard InChI is InChI=1S/C19H20N10O2/c1-11-7-14-24-16(21)26-28(14)9-12(11)23-17-22-8-13-15(25-17)29(18(30)27(13)2)19(10-20)3-5-31-6-4-19/h7-9H,3-6H2,1-2H3,(H2,21,26)(H,22,23,25). The van der Waals surface area contributed by atoms with E-state index in [0.29, 0.717) is 54.5 Å². The molecule has 0 unspecified atom stereocenters. The van der Waals surface area contributed by atoms with E-state index in [9.17, 15) is 10.1 Å². The lowest BCUT2D eigenvalue weighted by Crippen LogP contribution is -2.44. The maximum Gasteiger partial charge on any atom is 0.331 e. The monoisotopic (exact) mass is 420 g/mol. The SMILES string of the molecule is Cc1cc2nc(N)nn2cc1Nc1ncc2c(n1)n(C1(C#N)CCOCC1)c(=O)n2C. The van der Waals surface area contributed by atoms with E-state index in [1.165, 1.54) is 9.13 Å². The molecule has 1 saturated heterocycles. The van der Waals surface area contributed by atoms with Gasteiger partial charge < -0.3 is 15.8 Å². The minimum absolute atomic E-state index is 0.181. The number of ether oxygens (including phenoxy) is 1. The molecule has 0 atom stereocenters. The number of anilines is 3. The van der Waals surface area contributed by atoms with Crippen LogP contribution < -0.4 is 16.7 Å². The van der Waals surface area contributed by atoms with Crippen LogP contribution in [0.5, 0.6) is 0 Å². The summed E-state index contributed by atoms with van der Waals surface area (Å²) in [5.41, 5.74) is 7.55. The Morgan fingerprint density at radius 2 is 2.10 bits per heavy atom. The number of pyridine rings is 1. The van der Waals surface area contributed by atoms with Gasteiger partial charge in [-0.1, -0.05) is 0 Å². The van der Waals surface area contributed by atoms with Gasteiger partial charge in [0.05, 0.1) is 24.2 Å². The smallest absolute Gasteiger partial charge is 0.331 e. The van der Waals surface area contributed by atoms with Crippen molar-refractivity contribution >= 4 is 34.4 Å². The van der Waals surface area contributed by atoms with Crippen molar-refractivity contribution in [3.8, 4) is 6.07 Å². The number of nitrogens with one attached hydrogen (secondary N) is 1. The van der Waals surface area contributed by atoms with E-state index in [1.54, 1.807) is 24.0 Å². The van der Waals surface area contributed by atoms with Crippen molar-refractivity contribution in [1.29, 1.82) is 5.26 Å². The van der Waals surface area contributed by atoms with Crippen molar-refractivity contribution < 1.29 is 4.74 Å². The number of aromatic nitrogens is 7. The second-order valence-corrected chi connectivity index (χ2v) is 7.60. The summed E-state index contributed by atoms with van der Waals surface area (Å²) < 4.78 is 9.92. The quantitative estimate of drug-likeness (QED) is 0.490. The molecule has 0 spiro atoms. The number of hydrogen-bond donors (Lipinski definition) is 2. The molecule has 1 fully saturated rings. The molecular weight excluding hydrogens is 400 g/mol. The van der Waals surface area contributed by atoms with Crippen molar-refractivity contribution in [2.45, 2.75) is 25.3 Å². The maximum absolute atomic E-state index is 13.0. The molecule has 158 valence electrons. The minimum atomic E-state index is -1.01. The number of fused-ring (bicyclic) bond motifs is 2. The summed E-state index contributed by atoms with van der Waals surface area (Å²) in [6.45, 7) is 2.73. The predicted molar refractivity (Wildman–Crippen MR) is 112 cm³/mol. The Bertz CT molecular complexity index is 1420. The molecule has 1 aliphatic heterocycles. The van der Waals surface area contributed by atoms with Gasteiger partial charge in [0, 0.05) is 33.1 Å². The van der Waals surface area contributed by atoms with Crippen LogP contribution in [0.2, 0.25) is 0 Å². The molecule has 0 amide bonds. The summed E-state index contributed by atoms with van der Waals surface area (Å²) in [7, 11) is 1.65. The van der Waals surface area contributed by atoms with E-state index >= 15 is 0 Å². The average Bonchev–Trinajstić information content (AvgIpc) is 3.24. The van der Waals surface area contributed by atoms with Crippen molar-refractivity contribution in [2.24, 2.45) is 7.05 Å². The summed E-state index contributed by atoms with van der Waals surface area (Å²) in [6, 6.07) is 4.18. The van der Waals surface area contributed by atoms with E-state index in [1.807, 2.05) is 13.0 Å². The molecule has 0 aliphatic carbocycles. The number of imidazole rings is 1. The van der Waals surface area contributed by atoms with Crippen LogP contribution in [-0.2, 0) is 17.3 Å². The Labute approximate surface area is 175 Å². The Hall–Kier alpha value is -3.98. The summed E-state index contributed by atoms with van der Waals surface area (Å²) in [5.74, 6) is 0.475. The molecular formula is C19H20N10O2. The van der Waals surface area contributed by atoms with E-state index in [4.69, 9.17) is 10.5 Å². The van der Waals surface area contributed by atoms with E-state index in [-0.39, 0.29) is 11.6 Å². The van der Waals surface area contributed by atoms with E-state index < -0.39 is 5.54 Å². The number of nitrogens with zero attached hydrogens (tertiary/aromatic N) is 8. The molecule has 0 aromatic carbocycles. The lowest BCUT2D eigenvalue weighted by atomic mass is 9.91. The Kier molecular flexibility index (Phi) is 4.16. The molecule has 12 heteroatoms. The fourth-order valence-electron chi connectivity index (χ4n) is 3.94. The van der Waals surface area contributed by atoms with Gasteiger partial charge in [-0.25, -0.2) is 14.3 Å². The molecule has 12 nitrogen and oxygen atoms in total. The summed E-state index contributed by atoms with van der Waals surface area (Å²) in [4.78, 5) is 26.2. The second-order valence-electron chi connectivity index (χ2n) is 7.60. The van der Waals surface area contributed by atoms with Crippen LogP contribution in [0.3, 0.4) is 0 Å². The predicted octanol–water partition coefficient (Wildman–Crippen LogP) is 0.836. The first-order valence-corrected chi connectivity index (χ1v) is 9.75.